The number of thiophene rings is 1. The Morgan fingerprint density at radius 3 is 2.65 bits per heavy atom. The molecule has 2 amide bonds. The van der Waals surface area contributed by atoms with Gasteiger partial charge in [-0.05, 0) is 42.8 Å². The second-order valence-electron chi connectivity index (χ2n) is 5.36. The summed E-state index contributed by atoms with van der Waals surface area (Å²) in [7, 11) is 0. The molecule has 2 aromatic rings. The third-order valence-corrected chi connectivity index (χ3v) is 4.57. The molecule has 0 atom stereocenters. The molecular weight excluding hydrogens is 312 g/mol. The lowest BCUT2D eigenvalue weighted by Gasteiger charge is -2.27. The average Bonchev–Trinajstić information content (AvgIpc) is 3.28. The molecule has 0 radical (unpaired) electrons. The Balaban J connectivity index is 1.81. The molecule has 1 saturated heterocycles. The standard InChI is InChI=1S/C17H18N2O3S/c20-16(15-7-5-11-23-15)18-14(12-13-6-4-10-22-13)17(21)19-8-2-1-3-9-19/h4-7,10-12H,1-3,8-9H2,(H,18,20)/b14-12-. The van der Waals surface area contributed by atoms with Crippen molar-refractivity contribution in [1.82, 2.24) is 10.2 Å². The number of carbonyl (C=O) groups is 2. The molecule has 3 rings (SSSR count). The minimum Gasteiger partial charge on any atom is -0.465 e. The Kier molecular flexibility index (Phi) is 4.92. The molecule has 1 aliphatic rings. The summed E-state index contributed by atoms with van der Waals surface area (Å²) in [6.45, 7) is 1.45. The van der Waals surface area contributed by atoms with Crippen LogP contribution in [0, 0.1) is 0 Å². The molecule has 1 fully saturated rings. The predicted octanol–water partition coefficient (Wildman–Crippen LogP) is 3.12. The molecule has 2 aromatic heterocycles. The van der Waals surface area contributed by atoms with E-state index in [0.29, 0.717) is 10.6 Å². The maximum absolute atomic E-state index is 12.7. The summed E-state index contributed by atoms with van der Waals surface area (Å²) < 4.78 is 5.28. The van der Waals surface area contributed by atoms with Gasteiger partial charge in [-0.1, -0.05) is 6.07 Å². The van der Waals surface area contributed by atoms with E-state index in [-0.39, 0.29) is 17.5 Å². The van der Waals surface area contributed by atoms with Crippen molar-refractivity contribution in [2.45, 2.75) is 19.3 Å². The molecule has 0 unspecified atom stereocenters. The number of likely N-dealkylation sites (tertiary alicyclic amines) is 1. The third-order valence-electron chi connectivity index (χ3n) is 3.70. The summed E-state index contributed by atoms with van der Waals surface area (Å²) in [5.41, 5.74) is 0.250. The Hall–Kier alpha value is -2.34. The number of hydrogen-bond donors (Lipinski definition) is 1. The number of hydrogen-bond acceptors (Lipinski definition) is 4. The number of furan rings is 1. The van der Waals surface area contributed by atoms with E-state index in [4.69, 9.17) is 4.42 Å². The Labute approximate surface area is 138 Å². The lowest BCUT2D eigenvalue weighted by atomic mass is 10.1. The van der Waals surface area contributed by atoms with Gasteiger partial charge in [-0.25, -0.2) is 0 Å². The van der Waals surface area contributed by atoms with Crippen molar-refractivity contribution < 1.29 is 14.0 Å². The summed E-state index contributed by atoms with van der Waals surface area (Å²) in [6.07, 6.45) is 6.26. The number of piperidine rings is 1. The quantitative estimate of drug-likeness (QED) is 0.876. The number of carbonyl (C=O) groups excluding carboxylic acids is 2. The monoisotopic (exact) mass is 330 g/mol. The SMILES string of the molecule is O=C(N/C(=C\c1ccco1)C(=O)N1CCCCC1)c1cccs1. The molecule has 6 heteroatoms. The van der Waals surface area contributed by atoms with Crippen LogP contribution in [0.1, 0.15) is 34.7 Å². The van der Waals surface area contributed by atoms with Crippen molar-refractivity contribution in [2.75, 3.05) is 13.1 Å². The Bertz CT molecular complexity index is 684. The maximum atomic E-state index is 12.7. The molecule has 0 spiro atoms. The lowest BCUT2D eigenvalue weighted by Crippen LogP contribution is -2.41. The van der Waals surface area contributed by atoms with Gasteiger partial charge in [0.05, 0.1) is 11.1 Å². The maximum Gasteiger partial charge on any atom is 0.270 e. The number of rotatable bonds is 4. The van der Waals surface area contributed by atoms with Gasteiger partial charge in [0.1, 0.15) is 11.5 Å². The first-order valence-electron chi connectivity index (χ1n) is 7.63. The van der Waals surface area contributed by atoms with Gasteiger partial charge in [0.2, 0.25) is 0 Å². The van der Waals surface area contributed by atoms with Crippen molar-refractivity contribution in [1.29, 1.82) is 0 Å². The third kappa shape index (κ3) is 3.90. The normalized spacial score (nSPS) is 15.5. The highest BCUT2D eigenvalue weighted by Crippen LogP contribution is 2.15. The first-order chi connectivity index (χ1) is 11.2. The summed E-state index contributed by atoms with van der Waals surface area (Å²) in [4.78, 5) is 27.4. The van der Waals surface area contributed by atoms with Crippen LogP contribution in [-0.2, 0) is 4.79 Å². The fraction of sp³-hybridized carbons (Fsp3) is 0.294. The zero-order chi connectivity index (χ0) is 16.1. The highest BCUT2D eigenvalue weighted by molar-refractivity contribution is 7.12. The van der Waals surface area contributed by atoms with Gasteiger partial charge >= 0.3 is 0 Å². The summed E-state index contributed by atoms with van der Waals surface area (Å²) >= 11 is 1.34. The molecule has 120 valence electrons. The van der Waals surface area contributed by atoms with Crippen molar-refractivity contribution in [3.05, 3.63) is 52.2 Å². The second kappa shape index (κ2) is 7.28. The highest BCUT2D eigenvalue weighted by atomic mass is 32.1. The minimum atomic E-state index is -0.275. The second-order valence-corrected chi connectivity index (χ2v) is 6.31. The Morgan fingerprint density at radius 1 is 1.17 bits per heavy atom. The van der Waals surface area contributed by atoms with Crippen molar-refractivity contribution in [3.8, 4) is 0 Å². The van der Waals surface area contributed by atoms with Crippen LogP contribution < -0.4 is 5.32 Å². The summed E-state index contributed by atoms with van der Waals surface area (Å²) in [5.74, 6) is 0.103. The number of nitrogens with one attached hydrogen (secondary N) is 1. The van der Waals surface area contributed by atoms with E-state index in [1.54, 1.807) is 29.2 Å². The van der Waals surface area contributed by atoms with E-state index in [9.17, 15) is 9.59 Å². The van der Waals surface area contributed by atoms with Crippen molar-refractivity contribution in [2.24, 2.45) is 0 Å². The van der Waals surface area contributed by atoms with Gasteiger partial charge in [-0.3, -0.25) is 9.59 Å². The highest BCUT2D eigenvalue weighted by Gasteiger charge is 2.22. The van der Waals surface area contributed by atoms with Crippen molar-refractivity contribution in [3.63, 3.8) is 0 Å². The van der Waals surface area contributed by atoms with Crippen LogP contribution in [0.4, 0.5) is 0 Å². The molecule has 0 aliphatic carbocycles. The van der Waals surface area contributed by atoms with Crippen LogP contribution in [0.15, 0.2) is 46.0 Å². The molecule has 0 aromatic carbocycles. The molecule has 0 saturated carbocycles. The summed E-state index contributed by atoms with van der Waals surface area (Å²) in [5, 5.41) is 4.57. The van der Waals surface area contributed by atoms with Crippen LogP contribution in [0.2, 0.25) is 0 Å². The molecule has 1 N–H and O–H groups in total. The van der Waals surface area contributed by atoms with Gasteiger partial charge in [-0.15, -0.1) is 11.3 Å². The van der Waals surface area contributed by atoms with Crippen LogP contribution in [-0.4, -0.2) is 29.8 Å². The fourth-order valence-electron chi connectivity index (χ4n) is 2.53. The van der Waals surface area contributed by atoms with E-state index >= 15 is 0 Å². The molecule has 3 heterocycles. The molecule has 1 aliphatic heterocycles. The van der Waals surface area contributed by atoms with Gasteiger partial charge < -0.3 is 14.6 Å². The zero-order valence-corrected chi connectivity index (χ0v) is 13.5. The van der Waals surface area contributed by atoms with Crippen LogP contribution in [0.3, 0.4) is 0 Å². The first-order valence-corrected chi connectivity index (χ1v) is 8.51. The van der Waals surface area contributed by atoms with Crippen LogP contribution in [0.25, 0.3) is 6.08 Å². The van der Waals surface area contributed by atoms with E-state index < -0.39 is 0 Å². The first kappa shape index (κ1) is 15.6. The minimum absolute atomic E-state index is 0.161. The van der Waals surface area contributed by atoms with E-state index in [2.05, 4.69) is 5.32 Å². The molecular formula is C17H18N2O3S. The van der Waals surface area contributed by atoms with Gasteiger partial charge in [0.25, 0.3) is 11.8 Å². The van der Waals surface area contributed by atoms with Crippen LogP contribution in [0.5, 0.6) is 0 Å². The van der Waals surface area contributed by atoms with E-state index in [1.807, 2.05) is 11.4 Å². The van der Waals surface area contributed by atoms with E-state index in [1.165, 1.54) is 17.6 Å². The van der Waals surface area contributed by atoms with Gasteiger partial charge in [0, 0.05) is 19.2 Å². The average molecular weight is 330 g/mol. The van der Waals surface area contributed by atoms with E-state index in [0.717, 1.165) is 32.4 Å². The fourth-order valence-corrected chi connectivity index (χ4v) is 3.14. The molecule has 23 heavy (non-hydrogen) atoms. The molecule has 5 nitrogen and oxygen atoms in total. The lowest BCUT2D eigenvalue weighted by molar-refractivity contribution is -0.128. The zero-order valence-electron chi connectivity index (χ0n) is 12.7. The molecule has 0 bridgehead atoms. The number of nitrogens with zero attached hydrogens (tertiary/aromatic N) is 1. The smallest absolute Gasteiger partial charge is 0.270 e. The summed E-state index contributed by atoms with van der Waals surface area (Å²) in [6, 6.07) is 7.04. The number of amides is 2. The topological polar surface area (TPSA) is 62.6 Å². The van der Waals surface area contributed by atoms with Gasteiger partial charge in [-0.2, -0.15) is 0 Å². The Morgan fingerprint density at radius 2 is 2.00 bits per heavy atom. The largest absolute Gasteiger partial charge is 0.465 e. The van der Waals surface area contributed by atoms with Gasteiger partial charge in [0.15, 0.2) is 0 Å². The van der Waals surface area contributed by atoms with Crippen molar-refractivity contribution >= 4 is 29.2 Å². The van der Waals surface area contributed by atoms with Crippen LogP contribution >= 0.6 is 11.3 Å². The predicted molar refractivity (Wildman–Crippen MR) is 88.9 cm³/mol.